The summed E-state index contributed by atoms with van der Waals surface area (Å²) in [5.41, 5.74) is 0.0942. The number of carbonyl (C=O) groups is 2. The van der Waals surface area contributed by atoms with Gasteiger partial charge in [0.1, 0.15) is 5.69 Å². The Kier molecular flexibility index (Phi) is 4.86. The summed E-state index contributed by atoms with van der Waals surface area (Å²) in [5, 5.41) is 11.6. The highest BCUT2D eigenvalue weighted by atomic mass is 35.5. The number of hydrogen-bond donors (Lipinski definition) is 2. The molecule has 1 unspecified atom stereocenters. The zero-order valence-electron chi connectivity index (χ0n) is 9.01. The maximum absolute atomic E-state index is 11.6. The van der Waals surface area contributed by atoms with Crippen LogP contribution in [0.1, 0.15) is 10.5 Å². The zero-order chi connectivity index (χ0) is 12.8. The van der Waals surface area contributed by atoms with E-state index in [1.54, 1.807) is 0 Å². The van der Waals surface area contributed by atoms with E-state index in [1.165, 1.54) is 18.3 Å². The van der Waals surface area contributed by atoms with Gasteiger partial charge in [0.2, 0.25) is 0 Å². The van der Waals surface area contributed by atoms with Crippen LogP contribution >= 0.6 is 11.6 Å². The van der Waals surface area contributed by atoms with Gasteiger partial charge in [0.05, 0.1) is 18.7 Å². The molecule has 0 fully saturated rings. The van der Waals surface area contributed by atoms with E-state index in [0.29, 0.717) is 5.02 Å². The van der Waals surface area contributed by atoms with Crippen molar-refractivity contribution >= 4 is 23.5 Å². The van der Waals surface area contributed by atoms with Crippen LogP contribution < -0.4 is 5.32 Å². The van der Waals surface area contributed by atoms with Gasteiger partial charge in [-0.2, -0.15) is 0 Å². The van der Waals surface area contributed by atoms with Crippen molar-refractivity contribution in [3.63, 3.8) is 0 Å². The summed E-state index contributed by atoms with van der Waals surface area (Å²) in [6.07, 6.45) is 1.31. The molecule has 0 spiro atoms. The second kappa shape index (κ2) is 6.17. The molecule has 1 heterocycles. The maximum Gasteiger partial charge on any atom is 0.330 e. The molecule has 7 heteroatoms. The van der Waals surface area contributed by atoms with Gasteiger partial charge in [0.15, 0.2) is 6.04 Å². The molecule has 0 saturated carbocycles. The summed E-state index contributed by atoms with van der Waals surface area (Å²) in [5.74, 6) is -1.32. The first kappa shape index (κ1) is 13.4. The average molecular weight is 259 g/mol. The van der Waals surface area contributed by atoms with Gasteiger partial charge in [0, 0.05) is 6.20 Å². The van der Waals surface area contributed by atoms with Crippen molar-refractivity contribution in [3.05, 3.63) is 29.0 Å². The highest BCUT2D eigenvalue weighted by molar-refractivity contribution is 6.30. The number of ether oxygens (including phenoxy) is 1. The predicted octanol–water partition coefficient (Wildman–Crippen LogP) is -0.00130. The fourth-order valence-corrected chi connectivity index (χ4v) is 1.18. The molecular formula is C10H11ClN2O4. The molecule has 92 valence electrons. The lowest BCUT2D eigenvalue weighted by atomic mass is 10.3. The van der Waals surface area contributed by atoms with Gasteiger partial charge in [-0.3, -0.25) is 4.79 Å². The van der Waals surface area contributed by atoms with Crippen molar-refractivity contribution in [1.82, 2.24) is 10.3 Å². The standard InChI is InChI=1S/C10H11ClN2O4/c1-17-10(16)8(5-14)13-9(15)7-3-2-6(11)4-12-7/h2-4,8,14H,5H2,1H3,(H,13,15). The maximum atomic E-state index is 11.6. The van der Waals surface area contributed by atoms with Crippen LogP contribution in [0.15, 0.2) is 18.3 Å². The van der Waals surface area contributed by atoms with Crippen LogP contribution in [0.5, 0.6) is 0 Å². The van der Waals surface area contributed by atoms with E-state index in [0.717, 1.165) is 7.11 Å². The minimum Gasteiger partial charge on any atom is -0.467 e. The number of pyridine rings is 1. The number of aliphatic hydroxyl groups excluding tert-OH is 1. The van der Waals surface area contributed by atoms with Crippen LogP contribution in [0.3, 0.4) is 0 Å². The van der Waals surface area contributed by atoms with Crippen LogP contribution in [0, 0.1) is 0 Å². The Morgan fingerprint density at radius 3 is 2.76 bits per heavy atom. The Balaban J connectivity index is 2.71. The van der Waals surface area contributed by atoms with Gasteiger partial charge < -0.3 is 15.2 Å². The summed E-state index contributed by atoms with van der Waals surface area (Å²) in [4.78, 5) is 26.5. The first-order valence-electron chi connectivity index (χ1n) is 4.69. The molecule has 6 nitrogen and oxygen atoms in total. The number of hydrogen-bond acceptors (Lipinski definition) is 5. The molecule has 17 heavy (non-hydrogen) atoms. The number of methoxy groups -OCH3 is 1. The normalized spacial score (nSPS) is 11.7. The molecule has 0 aliphatic heterocycles. The Morgan fingerprint density at radius 1 is 1.59 bits per heavy atom. The van der Waals surface area contributed by atoms with E-state index < -0.39 is 24.5 Å². The highest BCUT2D eigenvalue weighted by Gasteiger charge is 2.21. The van der Waals surface area contributed by atoms with Crippen molar-refractivity contribution in [2.75, 3.05) is 13.7 Å². The highest BCUT2D eigenvalue weighted by Crippen LogP contribution is 2.06. The summed E-state index contributed by atoms with van der Waals surface area (Å²) < 4.78 is 4.40. The summed E-state index contributed by atoms with van der Waals surface area (Å²) >= 11 is 5.61. The first-order chi connectivity index (χ1) is 8.08. The van der Waals surface area contributed by atoms with E-state index in [1.807, 2.05) is 0 Å². The van der Waals surface area contributed by atoms with Gasteiger partial charge >= 0.3 is 5.97 Å². The average Bonchev–Trinajstić information content (AvgIpc) is 2.35. The Labute approximate surface area is 103 Å². The van der Waals surface area contributed by atoms with Crippen molar-refractivity contribution in [2.24, 2.45) is 0 Å². The van der Waals surface area contributed by atoms with E-state index in [9.17, 15) is 9.59 Å². The van der Waals surface area contributed by atoms with E-state index >= 15 is 0 Å². The van der Waals surface area contributed by atoms with E-state index in [4.69, 9.17) is 16.7 Å². The van der Waals surface area contributed by atoms with Crippen LogP contribution in [0.2, 0.25) is 5.02 Å². The minimum atomic E-state index is -1.11. The van der Waals surface area contributed by atoms with E-state index in [-0.39, 0.29) is 5.69 Å². The summed E-state index contributed by atoms with van der Waals surface area (Å²) in [7, 11) is 1.16. The molecule has 2 N–H and O–H groups in total. The lowest BCUT2D eigenvalue weighted by Crippen LogP contribution is -2.44. The van der Waals surface area contributed by atoms with Crippen LogP contribution in [0.25, 0.3) is 0 Å². The molecule has 1 amide bonds. The second-order valence-electron chi connectivity index (χ2n) is 3.09. The van der Waals surface area contributed by atoms with Crippen molar-refractivity contribution < 1.29 is 19.4 Å². The smallest absolute Gasteiger partial charge is 0.330 e. The second-order valence-corrected chi connectivity index (χ2v) is 3.53. The van der Waals surface area contributed by atoms with Crippen LogP contribution in [0.4, 0.5) is 0 Å². The summed E-state index contributed by atoms with van der Waals surface area (Å²) in [6, 6.07) is 1.80. The number of halogens is 1. The molecule has 0 saturated heterocycles. The number of nitrogens with zero attached hydrogens (tertiary/aromatic N) is 1. The number of carbonyl (C=O) groups excluding carboxylic acids is 2. The monoisotopic (exact) mass is 258 g/mol. The molecule has 1 aromatic rings. The van der Waals surface area contributed by atoms with Gasteiger partial charge in [-0.05, 0) is 12.1 Å². The first-order valence-corrected chi connectivity index (χ1v) is 5.07. The van der Waals surface area contributed by atoms with E-state index in [2.05, 4.69) is 15.0 Å². The topological polar surface area (TPSA) is 88.5 Å². The molecule has 1 aromatic heterocycles. The number of nitrogens with one attached hydrogen (secondary N) is 1. The fraction of sp³-hybridized carbons (Fsp3) is 0.300. The van der Waals surface area contributed by atoms with Crippen LogP contribution in [-0.2, 0) is 9.53 Å². The molecule has 0 radical (unpaired) electrons. The number of esters is 1. The number of aromatic nitrogens is 1. The van der Waals surface area contributed by atoms with Gasteiger partial charge in [-0.1, -0.05) is 11.6 Å². The molecule has 1 rings (SSSR count). The molecule has 1 atom stereocenters. The van der Waals surface area contributed by atoms with Crippen molar-refractivity contribution in [2.45, 2.75) is 6.04 Å². The number of amides is 1. The zero-order valence-corrected chi connectivity index (χ0v) is 9.77. The van der Waals surface area contributed by atoms with Gasteiger partial charge in [-0.25, -0.2) is 9.78 Å². The lowest BCUT2D eigenvalue weighted by molar-refractivity contribution is -0.143. The number of aliphatic hydroxyl groups is 1. The Hall–Kier alpha value is -1.66. The fourth-order valence-electron chi connectivity index (χ4n) is 1.06. The van der Waals surface area contributed by atoms with Gasteiger partial charge in [-0.15, -0.1) is 0 Å². The lowest BCUT2D eigenvalue weighted by Gasteiger charge is -2.13. The Morgan fingerprint density at radius 2 is 2.29 bits per heavy atom. The third kappa shape index (κ3) is 3.69. The quantitative estimate of drug-likeness (QED) is 0.742. The molecule has 0 bridgehead atoms. The largest absolute Gasteiger partial charge is 0.467 e. The van der Waals surface area contributed by atoms with Gasteiger partial charge in [0.25, 0.3) is 5.91 Å². The van der Waals surface area contributed by atoms with Crippen molar-refractivity contribution in [1.29, 1.82) is 0 Å². The molecule has 0 aliphatic rings. The Bertz CT molecular complexity index is 407. The SMILES string of the molecule is COC(=O)C(CO)NC(=O)c1ccc(Cl)cn1. The molecule has 0 aromatic carbocycles. The number of rotatable bonds is 4. The third-order valence-electron chi connectivity index (χ3n) is 1.93. The molecule has 0 aliphatic carbocycles. The predicted molar refractivity (Wildman–Crippen MR) is 59.6 cm³/mol. The summed E-state index contributed by atoms with van der Waals surface area (Å²) in [6.45, 7) is -0.550. The van der Waals surface area contributed by atoms with Crippen molar-refractivity contribution in [3.8, 4) is 0 Å². The third-order valence-corrected chi connectivity index (χ3v) is 2.16. The molecular weight excluding hydrogens is 248 g/mol. The van der Waals surface area contributed by atoms with Crippen LogP contribution in [-0.4, -0.2) is 41.7 Å². The minimum absolute atomic E-state index is 0.0942.